The molecule has 2 aliphatic carbocycles. The minimum atomic E-state index is -4.85. The molecule has 1 aromatic rings. The van der Waals surface area contributed by atoms with Crippen molar-refractivity contribution >= 4 is 31.7 Å². The average molecular weight is 495 g/mol. The quantitative estimate of drug-likeness (QED) is 0.677. The van der Waals surface area contributed by atoms with E-state index in [9.17, 15) is 26.4 Å². The van der Waals surface area contributed by atoms with E-state index in [1.807, 2.05) is 6.07 Å². The molecule has 0 bridgehead atoms. The molecule has 0 spiro atoms. The molecular weight excluding hydrogens is 477 g/mol. The van der Waals surface area contributed by atoms with Crippen molar-refractivity contribution in [3.8, 4) is 6.07 Å². The highest BCUT2D eigenvalue weighted by Crippen LogP contribution is 2.42. The van der Waals surface area contributed by atoms with Crippen LogP contribution in [0.5, 0.6) is 0 Å². The predicted octanol–water partition coefficient (Wildman–Crippen LogP) is 3.21. The predicted molar refractivity (Wildman–Crippen MR) is 99.4 cm³/mol. The second-order valence-corrected chi connectivity index (χ2v) is 10.5. The van der Waals surface area contributed by atoms with Crippen LogP contribution in [0.1, 0.15) is 31.2 Å². The number of halogens is 4. The second-order valence-electron chi connectivity index (χ2n) is 7.34. The number of nitriles is 1. The first-order valence-electron chi connectivity index (χ1n) is 8.80. The molecule has 3 atom stereocenters. The average Bonchev–Trinajstić information content (AvgIpc) is 3.27. The molecule has 3 rings (SSSR count). The fourth-order valence-electron chi connectivity index (χ4n) is 3.61. The summed E-state index contributed by atoms with van der Waals surface area (Å²) in [5.74, 6) is -1.38. The van der Waals surface area contributed by atoms with Crippen molar-refractivity contribution in [2.45, 2.75) is 53.6 Å². The normalized spacial score (nSPS) is 26.0. The number of ether oxygens (including phenoxy) is 1. The monoisotopic (exact) mass is 494 g/mol. The van der Waals surface area contributed by atoms with Crippen LogP contribution in [-0.4, -0.2) is 38.3 Å². The fourth-order valence-corrected chi connectivity index (χ4v) is 5.98. The van der Waals surface area contributed by atoms with E-state index in [0.29, 0.717) is 12.8 Å². The standard InChI is InChI=1S/C18H18BrF3N2O4S/c1-28-14-8-11(7-12(14)16(25)24-17(9-23)4-5-17)29(26,27)15-3-2-10(19)6-13(15)18(20,21)22/h2-3,6,11-12,14H,4-5,7-8H2,1H3,(H,24,25)/t11-,12-,14-/m1/s1. The first-order valence-corrected chi connectivity index (χ1v) is 11.1. The Hall–Kier alpha value is -1.64. The highest BCUT2D eigenvalue weighted by molar-refractivity contribution is 9.10. The summed E-state index contributed by atoms with van der Waals surface area (Å²) in [7, 11) is -3.06. The topological polar surface area (TPSA) is 96.3 Å². The maximum atomic E-state index is 13.4. The first kappa shape index (κ1) is 22.1. The number of benzene rings is 1. The lowest BCUT2D eigenvalue weighted by Gasteiger charge is -2.19. The smallest absolute Gasteiger partial charge is 0.381 e. The highest BCUT2D eigenvalue weighted by atomic mass is 79.9. The van der Waals surface area contributed by atoms with Gasteiger partial charge in [0.2, 0.25) is 5.91 Å². The molecule has 1 amide bonds. The number of sulfone groups is 1. The van der Waals surface area contributed by atoms with Crippen molar-refractivity contribution in [3.63, 3.8) is 0 Å². The van der Waals surface area contributed by atoms with Crippen molar-refractivity contribution in [3.05, 3.63) is 28.2 Å². The molecule has 11 heteroatoms. The molecule has 2 fully saturated rings. The van der Waals surface area contributed by atoms with E-state index in [1.54, 1.807) is 0 Å². The van der Waals surface area contributed by atoms with Crippen LogP contribution in [0.4, 0.5) is 13.2 Å². The molecule has 29 heavy (non-hydrogen) atoms. The van der Waals surface area contributed by atoms with Crippen LogP contribution in [0.25, 0.3) is 0 Å². The lowest BCUT2D eigenvalue weighted by atomic mass is 10.0. The molecule has 0 radical (unpaired) electrons. The zero-order valence-corrected chi connectivity index (χ0v) is 17.7. The van der Waals surface area contributed by atoms with E-state index in [1.165, 1.54) is 13.2 Å². The Morgan fingerprint density at radius 2 is 2.00 bits per heavy atom. The molecule has 1 aromatic carbocycles. The molecule has 2 aliphatic rings. The van der Waals surface area contributed by atoms with Gasteiger partial charge < -0.3 is 10.1 Å². The first-order chi connectivity index (χ1) is 13.4. The number of hydrogen-bond acceptors (Lipinski definition) is 5. The van der Waals surface area contributed by atoms with Gasteiger partial charge in [-0.1, -0.05) is 15.9 Å². The Balaban J connectivity index is 1.89. The van der Waals surface area contributed by atoms with E-state index in [2.05, 4.69) is 21.2 Å². The van der Waals surface area contributed by atoms with Gasteiger partial charge >= 0.3 is 6.18 Å². The summed E-state index contributed by atoms with van der Waals surface area (Å²) in [5, 5.41) is 10.5. The Kier molecular flexibility index (Phi) is 5.75. The third-order valence-electron chi connectivity index (χ3n) is 5.42. The van der Waals surface area contributed by atoms with Gasteiger partial charge in [-0.15, -0.1) is 0 Å². The maximum Gasteiger partial charge on any atom is 0.417 e. The zero-order chi connectivity index (χ0) is 21.6. The van der Waals surface area contributed by atoms with Gasteiger partial charge in [-0.25, -0.2) is 8.42 Å². The highest BCUT2D eigenvalue weighted by Gasteiger charge is 2.51. The van der Waals surface area contributed by atoms with Crippen LogP contribution in [0.2, 0.25) is 0 Å². The summed E-state index contributed by atoms with van der Waals surface area (Å²) in [4.78, 5) is 11.8. The molecule has 6 nitrogen and oxygen atoms in total. The molecule has 158 valence electrons. The fraction of sp³-hybridized carbons (Fsp3) is 0.556. The van der Waals surface area contributed by atoms with E-state index < -0.39 is 55.2 Å². The molecule has 0 unspecified atom stereocenters. The number of hydrogen-bond donors (Lipinski definition) is 1. The minimum absolute atomic E-state index is 0.105. The number of methoxy groups -OCH3 is 1. The van der Waals surface area contributed by atoms with Crippen molar-refractivity contribution in [1.29, 1.82) is 5.26 Å². The Morgan fingerprint density at radius 3 is 2.52 bits per heavy atom. The number of carbonyl (C=O) groups is 1. The van der Waals surface area contributed by atoms with E-state index >= 15 is 0 Å². The van der Waals surface area contributed by atoms with Gasteiger partial charge in [0.05, 0.1) is 33.8 Å². The van der Waals surface area contributed by atoms with Gasteiger partial charge in [-0.2, -0.15) is 18.4 Å². The largest absolute Gasteiger partial charge is 0.417 e. The summed E-state index contributed by atoms with van der Waals surface area (Å²) in [5.41, 5.74) is -2.18. The van der Waals surface area contributed by atoms with Gasteiger partial charge in [-0.05, 0) is 43.9 Å². The van der Waals surface area contributed by atoms with Crippen molar-refractivity contribution < 1.29 is 31.1 Å². The van der Waals surface area contributed by atoms with Gasteiger partial charge in [0.1, 0.15) is 5.54 Å². The number of nitrogens with zero attached hydrogens (tertiary/aromatic N) is 1. The van der Waals surface area contributed by atoms with Crippen molar-refractivity contribution in [1.82, 2.24) is 5.32 Å². The number of carbonyl (C=O) groups excluding carboxylic acids is 1. The summed E-state index contributed by atoms with van der Waals surface area (Å²) in [6.45, 7) is 0. The molecular formula is C18H18BrF3N2O4S. The van der Waals surface area contributed by atoms with E-state index in [0.717, 1.165) is 12.1 Å². The zero-order valence-electron chi connectivity index (χ0n) is 15.3. The summed E-state index contributed by atoms with van der Waals surface area (Å²) in [6.07, 6.45) is -4.89. The molecule has 0 aromatic heterocycles. The molecule has 0 saturated heterocycles. The molecule has 0 aliphatic heterocycles. The number of nitrogens with one attached hydrogen (secondary N) is 1. The third-order valence-corrected chi connectivity index (χ3v) is 8.14. The summed E-state index contributed by atoms with van der Waals surface area (Å²) in [6, 6.07) is 4.90. The van der Waals surface area contributed by atoms with Crippen LogP contribution in [0.3, 0.4) is 0 Å². The lowest BCUT2D eigenvalue weighted by Crippen LogP contribution is -2.42. The van der Waals surface area contributed by atoms with Gasteiger partial charge in [0.25, 0.3) is 0 Å². The Morgan fingerprint density at radius 1 is 1.34 bits per heavy atom. The summed E-state index contributed by atoms with van der Waals surface area (Å²) >= 11 is 2.93. The van der Waals surface area contributed by atoms with Crippen LogP contribution in [0.15, 0.2) is 27.6 Å². The van der Waals surface area contributed by atoms with Crippen LogP contribution in [-0.2, 0) is 25.5 Å². The Labute approximate surface area is 174 Å². The molecule has 2 saturated carbocycles. The maximum absolute atomic E-state index is 13.4. The van der Waals surface area contributed by atoms with Crippen LogP contribution < -0.4 is 5.32 Å². The minimum Gasteiger partial charge on any atom is -0.381 e. The number of amides is 1. The molecule has 1 N–H and O–H groups in total. The van der Waals surface area contributed by atoms with Crippen molar-refractivity contribution in [2.75, 3.05) is 7.11 Å². The van der Waals surface area contributed by atoms with Crippen LogP contribution >= 0.6 is 15.9 Å². The van der Waals surface area contributed by atoms with Gasteiger partial charge in [0, 0.05) is 11.6 Å². The summed E-state index contributed by atoms with van der Waals surface area (Å²) < 4.78 is 71.7. The molecule has 0 heterocycles. The SMILES string of the molecule is CO[C@@H]1C[C@H](S(=O)(=O)c2ccc(Br)cc2C(F)(F)F)C[C@H]1C(=O)NC1(C#N)CC1. The second kappa shape index (κ2) is 7.56. The Bertz CT molecular complexity index is 970. The number of alkyl halides is 3. The van der Waals surface area contributed by atoms with Crippen molar-refractivity contribution in [2.24, 2.45) is 5.92 Å². The van der Waals surface area contributed by atoms with Gasteiger partial charge in [-0.3, -0.25) is 4.79 Å². The van der Waals surface area contributed by atoms with Crippen LogP contribution in [0, 0.1) is 17.2 Å². The number of rotatable bonds is 5. The van der Waals surface area contributed by atoms with E-state index in [-0.39, 0.29) is 17.3 Å². The van der Waals surface area contributed by atoms with E-state index in [4.69, 9.17) is 10.00 Å². The lowest BCUT2D eigenvalue weighted by molar-refractivity contribution is -0.140. The van der Waals surface area contributed by atoms with Gasteiger partial charge in [0.15, 0.2) is 9.84 Å². The third kappa shape index (κ3) is 4.29.